The van der Waals surface area contributed by atoms with Gasteiger partial charge in [-0.3, -0.25) is 0 Å². The topological polar surface area (TPSA) is 35.2 Å². The van der Waals surface area contributed by atoms with E-state index in [4.69, 9.17) is 10.5 Å². The Kier molecular flexibility index (Phi) is 6.81. The zero-order valence-electron chi connectivity index (χ0n) is 12.0. The fourth-order valence-electron chi connectivity index (χ4n) is 2.13. The summed E-state index contributed by atoms with van der Waals surface area (Å²) in [5.41, 5.74) is 7.24. The van der Waals surface area contributed by atoms with Crippen LogP contribution in [0.2, 0.25) is 0 Å². The number of hydrogen-bond donors (Lipinski definition) is 1. The highest BCUT2D eigenvalue weighted by molar-refractivity contribution is 5.29. The maximum atomic E-state index is 5.83. The van der Waals surface area contributed by atoms with Gasteiger partial charge in [-0.05, 0) is 56.2 Å². The van der Waals surface area contributed by atoms with E-state index in [9.17, 15) is 0 Å². The third-order valence-corrected chi connectivity index (χ3v) is 3.29. The lowest BCUT2D eigenvalue weighted by Gasteiger charge is -2.17. The highest BCUT2D eigenvalue weighted by atomic mass is 16.5. The molecule has 2 atom stereocenters. The van der Waals surface area contributed by atoms with Gasteiger partial charge in [-0.2, -0.15) is 0 Å². The summed E-state index contributed by atoms with van der Waals surface area (Å²) in [6.07, 6.45) is 4.48. The number of benzene rings is 1. The number of hydrogen-bond acceptors (Lipinski definition) is 2. The van der Waals surface area contributed by atoms with Crippen LogP contribution in [0.15, 0.2) is 24.3 Å². The lowest BCUT2D eigenvalue weighted by Crippen LogP contribution is -2.15. The molecule has 2 unspecified atom stereocenters. The molecule has 0 aliphatic rings. The van der Waals surface area contributed by atoms with Crippen LogP contribution in [0.3, 0.4) is 0 Å². The number of ether oxygens (including phenoxy) is 1. The molecule has 2 heteroatoms. The lowest BCUT2D eigenvalue weighted by atomic mass is 9.90. The minimum atomic E-state index is 0.297. The van der Waals surface area contributed by atoms with E-state index >= 15 is 0 Å². The van der Waals surface area contributed by atoms with Gasteiger partial charge in [0.05, 0.1) is 6.61 Å². The smallest absolute Gasteiger partial charge is 0.119 e. The minimum Gasteiger partial charge on any atom is -0.494 e. The first-order valence-electron chi connectivity index (χ1n) is 7.15. The second kappa shape index (κ2) is 8.15. The van der Waals surface area contributed by atoms with E-state index in [1.165, 1.54) is 18.4 Å². The van der Waals surface area contributed by atoms with Crippen LogP contribution in [0.25, 0.3) is 0 Å². The lowest BCUT2D eigenvalue weighted by molar-refractivity contribution is 0.317. The van der Waals surface area contributed by atoms with Crippen LogP contribution in [0, 0.1) is 0 Å². The summed E-state index contributed by atoms with van der Waals surface area (Å²) in [5, 5.41) is 0. The van der Waals surface area contributed by atoms with Crippen molar-refractivity contribution in [3.8, 4) is 5.75 Å². The molecule has 2 N–H and O–H groups in total. The predicted molar refractivity (Wildman–Crippen MR) is 78.1 cm³/mol. The summed E-state index contributed by atoms with van der Waals surface area (Å²) < 4.78 is 5.60. The van der Waals surface area contributed by atoms with Crippen molar-refractivity contribution in [1.82, 2.24) is 0 Å². The summed E-state index contributed by atoms with van der Waals surface area (Å²) in [6, 6.07) is 8.85. The molecule has 0 bridgehead atoms. The number of nitrogens with two attached hydrogens (primary N) is 1. The van der Waals surface area contributed by atoms with E-state index < -0.39 is 0 Å². The molecule has 102 valence electrons. The molecular weight excluding hydrogens is 222 g/mol. The number of rotatable bonds is 8. The van der Waals surface area contributed by atoms with Gasteiger partial charge in [0, 0.05) is 6.04 Å². The summed E-state index contributed by atoms with van der Waals surface area (Å²) in [4.78, 5) is 0. The first-order valence-corrected chi connectivity index (χ1v) is 7.15. The van der Waals surface area contributed by atoms with Crippen LogP contribution in [0.5, 0.6) is 5.75 Å². The van der Waals surface area contributed by atoms with Gasteiger partial charge >= 0.3 is 0 Å². The van der Waals surface area contributed by atoms with Crippen molar-refractivity contribution in [2.75, 3.05) is 6.61 Å². The highest BCUT2D eigenvalue weighted by Gasteiger charge is 2.10. The first-order chi connectivity index (χ1) is 8.67. The summed E-state index contributed by atoms with van der Waals surface area (Å²) in [7, 11) is 0. The molecule has 0 radical (unpaired) electrons. The van der Waals surface area contributed by atoms with Crippen molar-refractivity contribution in [1.29, 1.82) is 0 Å². The van der Waals surface area contributed by atoms with Gasteiger partial charge in [0.2, 0.25) is 0 Å². The highest BCUT2D eigenvalue weighted by Crippen LogP contribution is 2.26. The molecule has 0 fully saturated rings. The van der Waals surface area contributed by atoms with Gasteiger partial charge in [-0.1, -0.05) is 26.0 Å². The van der Waals surface area contributed by atoms with Crippen molar-refractivity contribution in [2.24, 2.45) is 5.73 Å². The van der Waals surface area contributed by atoms with Gasteiger partial charge in [0.1, 0.15) is 5.75 Å². The Morgan fingerprint density at radius 2 is 1.78 bits per heavy atom. The molecule has 0 heterocycles. The molecule has 18 heavy (non-hydrogen) atoms. The molecular formula is C16H27NO. The fraction of sp³-hybridized carbons (Fsp3) is 0.625. The SMILES string of the molecule is CCCOc1ccc(C(CC)CCC(C)N)cc1. The van der Waals surface area contributed by atoms with Crippen molar-refractivity contribution in [2.45, 2.75) is 58.4 Å². The standard InChI is InChI=1S/C16H27NO/c1-4-12-18-16-10-8-15(9-11-16)14(5-2)7-6-13(3)17/h8-11,13-14H,4-7,12,17H2,1-3H3. The van der Waals surface area contributed by atoms with Gasteiger partial charge < -0.3 is 10.5 Å². The Hall–Kier alpha value is -1.02. The normalized spacial score (nSPS) is 14.2. The predicted octanol–water partition coefficient (Wildman–Crippen LogP) is 4.10. The van der Waals surface area contributed by atoms with E-state index in [2.05, 4.69) is 45.0 Å². The quantitative estimate of drug-likeness (QED) is 0.753. The second-order valence-electron chi connectivity index (χ2n) is 5.08. The Bertz CT molecular complexity index is 318. The molecule has 1 rings (SSSR count). The van der Waals surface area contributed by atoms with Crippen LogP contribution in [0.1, 0.15) is 57.9 Å². The molecule has 0 aromatic heterocycles. The van der Waals surface area contributed by atoms with Crippen LogP contribution >= 0.6 is 0 Å². The maximum absolute atomic E-state index is 5.83. The van der Waals surface area contributed by atoms with Crippen molar-refractivity contribution < 1.29 is 4.74 Å². The van der Waals surface area contributed by atoms with E-state index in [1.54, 1.807) is 0 Å². The molecule has 0 saturated carbocycles. The van der Waals surface area contributed by atoms with E-state index in [1.807, 2.05) is 0 Å². The average Bonchev–Trinajstić information content (AvgIpc) is 2.38. The first kappa shape index (κ1) is 15.0. The minimum absolute atomic E-state index is 0.297. The molecule has 1 aromatic carbocycles. The van der Waals surface area contributed by atoms with Crippen molar-refractivity contribution in [3.05, 3.63) is 29.8 Å². The Morgan fingerprint density at radius 3 is 2.28 bits per heavy atom. The van der Waals surface area contributed by atoms with Crippen LogP contribution in [0.4, 0.5) is 0 Å². The summed E-state index contributed by atoms with van der Waals surface area (Å²) in [6.45, 7) is 7.23. The Balaban J connectivity index is 2.57. The fourth-order valence-corrected chi connectivity index (χ4v) is 2.13. The molecule has 0 amide bonds. The molecule has 1 aromatic rings. The average molecular weight is 249 g/mol. The van der Waals surface area contributed by atoms with Gasteiger partial charge in [0.25, 0.3) is 0 Å². The maximum Gasteiger partial charge on any atom is 0.119 e. The van der Waals surface area contributed by atoms with Crippen LogP contribution in [-0.4, -0.2) is 12.6 Å². The molecule has 0 aliphatic carbocycles. The zero-order valence-corrected chi connectivity index (χ0v) is 12.0. The van der Waals surface area contributed by atoms with E-state index in [0.29, 0.717) is 12.0 Å². The molecule has 0 aliphatic heterocycles. The summed E-state index contributed by atoms with van der Waals surface area (Å²) >= 11 is 0. The zero-order chi connectivity index (χ0) is 13.4. The third-order valence-electron chi connectivity index (χ3n) is 3.29. The van der Waals surface area contributed by atoms with Gasteiger partial charge in [-0.25, -0.2) is 0 Å². The van der Waals surface area contributed by atoms with Gasteiger partial charge in [-0.15, -0.1) is 0 Å². The van der Waals surface area contributed by atoms with E-state index in [-0.39, 0.29) is 0 Å². The monoisotopic (exact) mass is 249 g/mol. The Labute approximate surface area is 112 Å². The van der Waals surface area contributed by atoms with Crippen LogP contribution in [-0.2, 0) is 0 Å². The molecule has 2 nitrogen and oxygen atoms in total. The largest absolute Gasteiger partial charge is 0.494 e. The van der Waals surface area contributed by atoms with E-state index in [0.717, 1.165) is 25.2 Å². The summed E-state index contributed by atoms with van der Waals surface area (Å²) in [5.74, 6) is 1.60. The van der Waals surface area contributed by atoms with Gasteiger partial charge in [0.15, 0.2) is 0 Å². The molecule has 0 spiro atoms. The third kappa shape index (κ3) is 5.09. The second-order valence-corrected chi connectivity index (χ2v) is 5.08. The Morgan fingerprint density at radius 1 is 1.11 bits per heavy atom. The van der Waals surface area contributed by atoms with Crippen molar-refractivity contribution in [3.63, 3.8) is 0 Å². The molecule has 0 saturated heterocycles. The van der Waals surface area contributed by atoms with Crippen molar-refractivity contribution >= 4 is 0 Å². The van der Waals surface area contributed by atoms with Crippen LogP contribution < -0.4 is 10.5 Å².